The Morgan fingerprint density at radius 2 is 2.05 bits per heavy atom. The molecule has 19 heavy (non-hydrogen) atoms. The molecule has 1 aliphatic heterocycles. The maximum Gasteiger partial charge on any atom is 0.246 e. The summed E-state index contributed by atoms with van der Waals surface area (Å²) in [4.78, 5) is 18.3. The maximum absolute atomic E-state index is 12.0. The van der Waals surface area contributed by atoms with Crippen LogP contribution < -0.4 is 0 Å². The third-order valence-corrected chi connectivity index (χ3v) is 3.51. The predicted octanol–water partition coefficient (Wildman–Crippen LogP) is 2.36. The Kier molecular flexibility index (Phi) is 3.31. The second kappa shape index (κ2) is 5.26. The van der Waals surface area contributed by atoms with Crippen molar-refractivity contribution in [1.29, 1.82) is 0 Å². The van der Waals surface area contributed by atoms with Crippen molar-refractivity contribution in [3.05, 3.63) is 42.4 Å². The molecule has 0 bridgehead atoms. The van der Waals surface area contributed by atoms with E-state index in [1.807, 2.05) is 39.8 Å². The number of amides is 1. The quantitative estimate of drug-likeness (QED) is 0.773. The van der Waals surface area contributed by atoms with Crippen LogP contribution in [0.2, 0.25) is 0 Å². The zero-order valence-corrected chi connectivity index (χ0v) is 10.8. The highest BCUT2D eigenvalue weighted by molar-refractivity contribution is 5.91. The highest BCUT2D eigenvalue weighted by Gasteiger charge is 2.13. The van der Waals surface area contributed by atoms with Gasteiger partial charge in [-0.25, -0.2) is 4.98 Å². The molecule has 0 aliphatic carbocycles. The van der Waals surface area contributed by atoms with Gasteiger partial charge in [-0.05, 0) is 37.5 Å². The van der Waals surface area contributed by atoms with E-state index in [2.05, 4.69) is 4.98 Å². The smallest absolute Gasteiger partial charge is 0.246 e. The van der Waals surface area contributed by atoms with E-state index >= 15 is 0 Å². The minimum atomic E-state index is 0.102. The number of hydrogen-bond acceptors (Lipinski definition) is 2. The van der Waals surface area contributed by atoms with Gasteiger partial charge in [-0.1, -0.05) is 6.07 Å². The number of fused-ring (bicyclic) bond motifs is 1. The molecule has 3 rings (SSSR count). The first-order valence-corrected chi connectivity index (χ1v) is 6.74. The Hall–Kier alpha value is -2.10. The number of hydrogen-bond donors (Lipinski definition) is 0. The molecule has 0 aromatic carbocycles. The van der Waals surface area contributed by atoms with Gasteiger partial charge in [0.1, 0.15) is 5.65 Å². The van der Waals surface area contributed by atoms with Gasteiger partial charge in [-0.2, -0.15) is 0 Å². The topological polar surface area (TPSA) is 37.6 Å². The van der Waals surface area contributed by atoms with Crippen molar-refractivity contribution in [2.45, 2.75) is 19.3 Å². The van der Waals surface area contributed by atoms with Crippen LogP contribution in [-0.4, -0.2) is 33.3 Å². The minimum absolute atomic E-state index is 0.102. The van der Waals surface area contributed by atoms with E-state index in [1.165, 1.54) is 6.42 Å². The van der Waals surface area contributed by atoms with E-state index in [0.717, 1.165) is 37.3 Å². The molecule has 4 heteroatoms. The number of carbonyl (C=O) groups excluding carboxylic acids is 1. The molecule has 1 amide bonds. The van der Waals surface area contributed by atoms with Crippen LogP contribution in [0.5, 0.6) is 0 Å². The van der Waals surface area contributed by atoms with Gasteiger partial charge in [-0.3, -0.25) is 4.79 Å². The molecule has 0 spiro atoms. The number of nitrogens with zero attached hydrogens (tertiary/aromatic N) is 3. The molecule has 0 N–H and O–H groups in total. The van der Waals surface area contributed by atoms with E-state index < -0.39 is 0 Å². The van der Waals surface area contributed by atoms with Crippen molar-refractivity contribution >= 4 is 17.6 Å². The number of likely N-dealkylation sites (tertiary alicyclic amines) is 1. The first-order valence-electron chi connectivity index (χ1n) is 6.74. The van der Waals surface area contributed by atoms with Gasteiger partial charge in [0.05, 0.1) is 11.9 Å². The summed E-state index contributed by atoms with van der Waals surface area (Å²) in [7, 11) is 0. The standard InChI is InChI=1S/C15H17N3O/c19-15(17-9-3-1-4-10-17)8-7-13-12-16-14-6-2-5-11-18(13)14/h2,5-8,11-12H,1,3-4,9-10H2/b8-7+. The van der Waals surface area contributed by atoms with Gasteiger partial charge in [0.2, 0.25) is 5.91 Å². The Morgan fingerprint density at radius 3 is 2.89 bits per heavy atom. The molecule has 3 heterocycles. The van der Waals surface area contributed by atoms with Crippen LogP contribution in [0.25, 0.3) is 11.7 Å². The summed E-state index contributed by atoms with van der Waals surface area (Å²) in [5.41, 5.74) is 1.83. The average Bonchev–Trinajstić information content (AvgIpc) is 2.89. The Balaban J connectivity index is 1.76. The van der Waals surface area contributed by atoms with Crippen LogP contribution in [0.4, 0.5) is 0 Å². The van der Waals surface area contributed by atoms with Crippen molar-refractivity contribution in [1.82, 2.24) is 14.3 Å². The second-order valence-electron chi connectivity index (χ2n) is 4.83. The fourth-order valence-electron chi connectivity index (χ4n) is 2.45. The SMILES string of the molecule is O=C(/C=C/c1cnc2ccccn12)N1CCCCC1. The first kappa shape index (κ1) is 12.0. The maximum atomic E-state index is 12.0. The molecule has 2 aromatic heterocycles. The van der Waals surface area contributed by atoms with Crippen LogP contribution >= 0.6 is 0 Å². The van der Waals surface area contributed by atoms with E-state index in [0.29, 0.717) is 0 Å². The van der Waals surface area contributed by atoms with Crippen molar-refractivity contribution in [2.75, 3.05) is 13.1 Å². The lowest BCUT2D eigenvalue weighted by Crippen LogP contribution is -2.34. The largest absolute Gasteiger partial charge is 0.339 e. The number of piperidine rings is 1. The highest BCUT2D eigenvalue weighted by Crippen LogP contribution is 2.11. The van der Waals surface area contributed by atoms with Crippen molar-refractivity contribution in [3.8, 4) is 0 Å². The summed E-state index contributed by atoms with van der Waals surface area (Å²) in [5, 5.41) is 0. The van der Waals surface area contributed by atoms with E-state index in [1.54, 1.807) is 12.3 Å². The van der Waals surface area contributed by atoms with Crippen LogP contribution in [0.3, 0.4) is 0 Å². The average molecular weight is 255 g/mol. The van der Waals surface area contributed by atoms with E-state index in [9.17, 15) is 4.79 Å². The molecule has 0 unspecified atom stereocenters. The van der Waals surface area contributed by atoms with Gasteiger partial charge < -0.3 is 9.30 Å². The molecular formula is C15H17N3O. The molecule has 0 atom stereocenters. The van der Waals surface area contributed by atoms with Gasteiger partial charge >= 0.3 is 0 Å². The number of rotatable bonds is 2. The summed E-state index contributed by atoms with van der Waals surface area (Å²) in [6, 6.07) is 5.86. The molecule has 2 aromatic rings. The lowest BCUT2D eigenvalue weighted by Gasteiger charge is -2.25. The van der Waals surface area contributed by atoms with Crippen LogP contribution in [0.15, 0.2) is 36.7 Å². The van der Waals surface area contributed by atoms with Crippen LogP contribution in [0, 0.1) is 0 Å². The van der Waals surface area contributed by atoms with Crippen molar-refractivity contribution in [2.24, 2.45) is 0 Å². The zero-order valence-electron chi connectivity index (χ0n) is 10.8. The summed E-state index contributed by atoms with van der Waals surface area (Å²) in [6.45, 7) is 1.77. The fraction of sp³-hybridized carbons (Fsp3) is 0.333. The molecule has 1 saturated heterocycles. The molecule has 98 valence electrons. The number of aromatic nitrogens is 2. The molecule has 0 radical (unpaired) electrons. The Morgan fingerprint density at radius 1 is 1.21 bits per heavy atom. The van der Waals surface area contributed by atoms with Gasteiger partial charge in [0.15, 0.2) is 0 Å². The third-order valence-electron chi connectivity index (χ3n) is 3.51. The highest BCUT2D eigenvalue weighted by atomic mass is 16.2. The monoisotopic (exact) mass is 255 g/mol. The Bertz CT molecular complexity index is 609. The minimum Gasteiger partial charge on any atom is -0.339 e. The number of pyridine rings is 1. The summed E-state index contributed by atoms with van der Waals surface area (Å²) in [6.07, 6.45) is 10.7. The van der Waals surface area contributed by atoms with E-state index in [4.69, 9.17) is 0 Å². The first-order chi connectivity index (χ1) is 9.34. The molecule has 1 aliphatic rings. The Labute approximate surface area is 112 Å². The third kappa shape index (κ3) is 2.52. The number of carbonyl (C=O) groups is 1. The molecule has 1 fully saturated rings. The lowest BCUT2D eigenvalue weighted by molar-refractivity contribution is -0.126. The second-order valence-corrected chi connectivity index (χ2v) is 4.83. The number of imidazole rings is 1. The lowest BCUT2D eigenvalue weighted by atomic mass is 10.1. The van der Waals surface area contributed by atoms with Crippen molar-refractivity contribution in [3.63, 3.8) is 0 Å². The van der Waals surface area contributed by atoms with Gasteiger partial charge in [-0.15, -0.1) is 0 Å². The molecule has 4 nitrogen and oxygen atoms in total. The summed E-state index contributed by atoms with van der Waals surface area (Å²) in [5.74, 6) is 0.102. The normalized spacial score (nSPS) is 16.3. The predicted molar refractivity (Wildman–Crippen MR) is 74.7 cm³/mol. The molecular weight excluding hydrogens is 238 g/mol. The van der Waals surface area contributed by atoms with Crippen LogP contribution in [0.1, 0.15) is 25.0 Å². The summed E-state index contributed by atoms with van der Waals surface area (Å²) < 4.78 is 1.97. The fourth-order valence-corrected chi connectivity index (χ4v) is 2.45. The zero-order chi connectivity index (χ0) is 13.1. The summed E-state index contributed by atoms with van der Waals surface area (Å²) >= 11 is 0. The van der Waals surface area contributed by atoms with Gasteiger partial charge in [0, 0.05) is 25.4 Å². The molecule has 0 saturated carbocycles. The van der Waals surface area contributed by atoms with Crippen molar-refractivity contribution < 1.29 is 4.79 Å². The van der Waals surface area contributed by atoms with E-state index in [-0.39, 0.29) is 5.91 Å². The van der Waals surface area contributed by atoms with Gasteiger partial charge in [0.25, 0.3) is 0 Å². The van der Waals surface area contributed by atoms with Crippen LogP contribution in [-0.2, 0) is 4.79 Å².